The van der Waals surface area contributed by atoms with E-state index in [1.165, 1.54) is 4.90 Å². The van der Waals surface area contributed by atoms with Gasteiger partial charge in [-0.05, 0) is 96.0 Å². The molecular formula is C45H54N8O8. The number of fused-ring (bicyclic) bond motifs is 3. The first kappa shape index (κ1) is 42.9. The van der Waals surface area contributed by atoms with Crippen LogP contribution in [-0.2, 0) is 30.5 Å². The van der Waals surface area contributed by atoms with Crippen molar-refractivity contribution in [3.63, 3.8) is 0 Å². The first-order chi connectivity index (χ1) is 29.2. The van der Waals surface area contributed by atoms with Gasteiger partial charge in [0.1, 0.15) is 23.7 Å². The number of piperidine rings is 1. The Morgan fingerprint density at radius 3 is 2.57 bits per heavy atom. The van der Waals surface area contributed by atoms with Crippen LogP contribution in [-0.4, -0.2) is 116 Å². The molecule has 4 atom stereocenters. The zero-order valence-corrected chi connectivity index (χ0v) is 35.2. The molecule has 322 valence electrons. The van der Waals surface area contributed by atoms with Gasteiger partial charge in [0.15, 0.2) is 5.69 Å². The lowest BCUT2D eigenvalue weighted by atomic mass is 10.0. The van der Waals surface area contributed by atoms with Gasteiger partial charge >= 0.3 is 6.09 Å². The first-order valence-electron chi connectivity index (χ1n) is 21.3. The van der Waals surface area contributed by atoms with Crippen LogP contribution in [0.15, 0.2) is 36.4 Å². The third-order valence-electron chi connectivity index (χ3n) is 11.7. The number of rotatable bonds is 10. The number of hydrogen-bond acceptors (Lipinski definition) is 9. The summed E-state index contributed by atoms with van der Waals surface area (Å²) in [4.78, 5) is 96.8. The minimum atomic E-state index is -1.15. The molecule has 4 aliphatic rings. The number of nitrogens with one attached hydrogen (secondary N) is 4. The van der Waals surface area contributed by atoms with Crippen molar-refractivity contribution in [2.24, 2.45) is 0 Å². The zero-order chi connectivity index (χ0) is 43.4. The van der Waals surface area contributed by atoms with Crippen molar-refractivity contribution >= 4 is 52.4 Å². The minimum Gasteiger partial charge on any atom is -0.444 e. The lowest BCUT2D eigenvalue weighted by Gasteiger charge is -2.38. The third-order valence-corrected chi connectivity index (χ3v) is 11.7. The highest BCUT2D eigenvalue weighted by molar-refractivity contribution is 6.06. The van der Waals surface area contributed by atoms with E-state index in [9.17, 15) is 33.6 Å². The fraction of sp³-hybridized carbons (Fsp3) is 0.511. The van der Waals surface area contributed by atoms with Crippen molar-refractivity contribution in [2.75, 3.05) is 19.6 Å². The molecule has 0 aliphatic carbocycles. The minimum absolute atomic E-state index is 0.116. The Morgan fingerprint density at radius 1 is 0.984 bits per heavy atom. The molecule has 16 nitrogen and oxygen atoms in total. The molecule has 2 aromatic carbocycles. The first-order valence-corrected chi connectivity index (χ1v) is 21.3. The van der Waals surface area contributed by atoms with E-state index in [4.69, 9.17) is 4.74 Å². The number of unbranched alkanes of at least 4 members (excludes halogenated alkanes) is 4. The van der Waals surface area contributed by atoms with Crippen molar-refractivity contribution in [3.05, 3.63) is 64.3 Å². The van der Waals surface area contributed by atoms with Crippen LogP contribution in [0.4, 0.5) is 4.79 Å². The summed E-state index contributed by atoms with van der Waals surface area (Å²) < 4.78 is 5.50. The molecule has 16 heteroatoms. The summed E-state index contributed by atoms with van der Waals surface area (Å²) in [6.45, 7) is 8.01. The number of H-pyrrole nitrogens is 1. The van der Waals surface area contributed by atoms with Crippen LogP contribution in [0.3, 0.4) is 0 Å². The molecule has 5 heterocycles. The second kappa shape index (κ2) is 18.2. The number of carbonyl (C=O) groups is 7. The maximum absolute atomic E-state index is 14.3. The van der Waals surface area contributed by atoms with Gasteiger partial charge < -0.3 is 30.1 Å². The van der Waals surface area contributed by atoms with Gasteiger partial charge in [0.25, 0.3) is 11.8 Å². The Morgan fingerprint density at radius 2 is 1.79 bits per heavy atom. The van der Waals surface area contributed by atoms with Crippen molar-refractivity contribution in [1.29, 1.82) is 0 Å². The Hall–Kier alpha value is -6.24. The molecule has 0 spiro atoms. The van der Waals surface area contributed by atoms with Crippen molar-refractivity contribution in [1.82, 2.24) is 40.8 Å². The lowest BCUT2D eigenvalue weighted by molar-refractivity contribution is -0.143. The number of imide groups is 1. The highest BCUT2D eigenvalue weighted by Crippen LogP contribution is 2.32. The molecule has 4 aliphatic heterocycles. The van der Waals surface area contributed by atoms with Gasteiger partial charge in [-0.25, -0.2) is 4.79 Å². The molecule has 3 saturated heterocycles. The Kier molecular flexibility index (Phi) is 12.8. The SMILES string of the molecule is Cc1ccc2[nH]nc(C(=O)N3CC[C@H]4CC[C@@H](C(=O)NCCCCCCC#Cc5cccc6c5CN(C5CCC(=O)NC5=O)C6=O)N4C(=O)[C@@H](NC(=O)OC(C)(C)C)C3)c2c1. The molecule has 7 rings (SSSR count). The van der Waals surface area contributed by atoms with E-state index in [2.05, 4.69) is 38.0 Å². The van der Waals surface area contributed by atoms with E-state index >= 15 is 0 Å². The summed E-state index contributed by atoms with van der Waals surface area (Å²) in [5, 5.41) is 16.0. The molecule has 0 bridgehead atoms. The molecule has 1 aromatic heterocycles. The third kappa shape index (κ3) is 9.71. The van der Waals surface area contributed by atoms with Gasteiger partial charge in [0.05, 0.1) is 12.1 Å². The van der Waals surface area contributed by atoms with E-state index in [1.807, 2.05) is 31.2 Å². The molecule has 1 unspecified atom stereocenters. The van der Waals surface area contributed by atoms with Crippen LogP contribution in [0.2, 0.25) is 0 Å². The molecule has 3 fully saturated rings. The van der Waals surface area contributed by atoms with Gasteiger partial charge in [0, 0.05) is 55.0 Å². The fourth-order valence-corrected chi connectivity index (χ4v) is 8.70. The van der Waals surface area contributed by atoms with Gasteiger partial charge in [-0.3, -0.25) is 39.2 Å². The molecule has 3 aromatic rings. The number of hydrogen-bond donors (Lipinski definition) is 4. The molecule has 7 amide bonds. The molecule has 61 heavy (non-hydrogen) atoms. The summed E-state index contributed by atoms with van der Waals surface area (Å²) in [5.41, 5.74) is 3.20. The highest BCUT2D eigenvalue weighted by Gasteiger charge is 2.46. The summed E-state index contributed by atoms with van der Waals surface area (Å²) in [7, 11) is 0. The van der Waals surface area contributed by atoms with Gasteiger partial charge in [-0.15, -0.1) is 0 Å². The number of alkyl carbamates (subject to hydrolysis) is 1. The number of benzene rings is 2. The van der Waals surface area contributed by atoms with Crippen LogP contribution < -0.4 is 16.0 Å². The molecule has 4 N–H and O–H groups in total. The predicted molar refractivity (Wildman–Crippen MR) is 224 cm³/mol. The van der Waals surface area contributed by atoms with Gasteiger partial charge in [-0.1, -0.05) is 42.4 Å². The van der Waals surface area contributed by atoms with E-state index < -0.39 is 41.6 Å². The average Bonchev–Trinajstić information content (AvgIpc) is 3.92. The monoisotopic (exact) mass is 834 g/mol. The number of ether oxygens (including phenoxy) is 1. The van der Waals surface area contributed by atoms with Crippen molar-refractivity contribution in [2.45, 2.75) is 128 Å². The topological polar surface area (TPSA) is 203 Å². The van der Waals surface area contributed by atoms with Gasteiger partial charge in [0.2, 0.25) is 23.6 Å². The van der Waals surface area contributed by atoms with Crippen LogP contribution in [0.5, 0.6) is 0 Å². The quantitative estimate of drug-likeness (QED) is 0.133. The van der Waals surface area contributed by atoms with E-state index in [0.717, 1.165) is 47.9 Å². The summed E-state index contributed by atoms with van der Waals surface area (Å²) in [6.07, 6.45) is 5.24. The molecular weight excluding hydrogens is 781 g/mol. The standard InChI is InChI=1S/C45H54N8O8/c1-27-15-17-33-31(24-27)38(50-49-33)43(59)51-23-21-29-16-18-36(53(29)42(58)34(26-51)47-44(60)61-45(2,3)4)39(55)46-22-10-8-6-5-7-9-12-28-13-11-14-30-32(28)25-52(41(30)57)35-19-20-37(54)48-40(35)56/h11,13-15,17,24,29,34-36H,5-8,10,16,18-23,25-26H2,1-4H3,(H,46,55)(H,47,60)(H,49,50)(H,48,54,56)/t29-,34+,35?,36+/m1/s1. The molecule has 0 saturated carbocycles. The van der Waals surface area contributed by atoms with Crippen LogP contribution in [0.25, 0.3) is 10.9 Å². The number of nitrogens with zero attached hydrogens (tertiary/aromatic N) is 4. The fourth-order valence-electron chi connectivity index (χ4n) is 8.70. The number of amides is 7. The Balaban J connectivity index is 0.902. The number of aromatic amines is 1. The van der Waals surface area contributed by atoms with E-state index in [1.54, 1.807) is 42.7 Å². The lowest BCUT2D eigenvalue weighted by Crippen LogP contribution is -2.61. The number of aryl methyl sites for hydroxylation is 1. The van der Waals surface area contributed by atoms with E-state index in [-0.39, 0.29) is 54.9 Å². The zero-order valence-electron chi connectivity index (χ0n) is 35.2. The second-order valence-corrected chi connectivity index (χ2v) is 17.3. The summed E-state index contributed by atoms with van der Waals surface area (Å²) >= 11 is 0. The van der Waals surface area contributed by atoms with Crippen LogP contribution >= 0.6 is 0 Å². The largest absolute Gasteiger partial charge is 0.444 e. The maximum Gasteiger partial charge on any atom is 0.408 e. The summed E-state index contributed by atoms with van der Waals surface area (Å²) in [6, 6.07) is 8.26. The number of carbonyl (C=O) groups excluding carboxylic acids is 7. The van der Waals surface area contributed by atoms with E-state index in [0.29, 0.717) is 56.1 Å². The normalized spacial score (nSPS) is 21.5. The van der Waals surface area contributed by atoms with Crippen molar-refractivity contribution in [3.8, 4) is 11.8 Å². The maximum atomic E-state index is 14.3. The van der Waals surface area contributed by atoms with Gasteiger partial charge in [-0.2, -0.15) is 5.10 Å². The predicted octanol–water partition coefficient (Wildman–Crippen LogP) is 3.85. The average molecular weight is 835 g/mol. The Bertz CT molecular complexity index is 2300. The molecule has 0 radical (unpaired) electrons. The highest BCUT2D eigenvalue weighted by atomic mass is 16.6. The summed E-state index contributed by atoms with van der Waals surface area (Å²) in [5.74, 6) is 4.40. The smallest absolute Gasteiger partial charge is 0.408 e. The van der Waals surface area contributed by atoms with Crippen molar-refractivity contribution < 1.29 is 38.3 Å². The second-order valence-electron chi connectivity index (χ2n) is 17.3. The van der Waals surface area contributed by atoms with Crippen LogP contribution in [0.1, 0.15) is 123 Å². The Labute approximate surface area is 354 Å². The van der Waals surface area contributed by atoms with Crippen LogP contribution in [0, 0.1) is 18.8 Å². The number of aromatic nitrogens is 2.